The van der Waals surface area contributed by atoms with Crippen LogP contribution in [0.3, 0.4) is 0 Å². The second-order valence-electron chi connectivity index (χ2n) is 7.55. The number of rotatable bonds is 5. The Hall–Kier alpha value is -2.38. The van der Waals surface area contributed by atoms with Gasteiger partial charge in [0.15, 0.2) is 0 Å². The first-order valence-corrected chi connectivity index (χ1v) is 10.2. The predicted octanol–water partition coefficient (Wildman–Crippen LogP) is 2.57. The van der Waals surface area contributed by atoms with Crippen LogP contribution >= 0.6 is 0 Å². The number of hydrogen-bond acceptors (Lipinski definition) is 4. The molecule has 1 aliphatic rings. The highest BCUT2D eigenvalue weighted by Crippen LogP contribution is 2.58. The van der Waals surface area contributed by atoms with E-state index in [0.717, 1.165) is 11.1 Å². The summed E-state index contributed by atoms with van der Waals surface area (Å²) in [5, 5.41) is 8.26. The van der Waals surface area contributed by atoms with Crippen LogP contribution < -0.4 is 15.2 Å². The van der Waals surface area contributed by atoms with Crippen LogP contribution in [0.15, 0.2) is 47.4 Å². The molecule has 2 aromatic rings. The molecule has 3 N–H and O–H groups in total. The molecule has 3 rings (SSSR count). The number of hydrogen-bond donors (Lipinski definition) is 2. The van der Waals surface area contributed by atoms with Crippen molar-refractivity contribution in [2.75, 3.05) is 7.11 Å². The fourth-order valence-corrected chi connectivity index (χ4v) is 4.10. The van der Waals surface area contributed by atoms with Crippen molar-refractivity contribution in [3.05, 3.63) is 59.2 Å². The summed E-state index contributed by atoms with van der Waals surface area (Å²) >= 11 is 0. The van der Waals surface area contributed by atoms with Gasteiger partial charge in [0, 0.05) is 17.5 Å². The summed E-state index contributed by atoms with van der Waals surface area (Å²) in [6.45, 7) is 6.04. The average molecular weight is 388 g/mol. The van der Waals surface area contributed by atoms with E-state index in [1.165, 1.54) is 12.1 Å². The van der Waals surface area contributed by atoms with Crippen LogP contribution in [0.2, 0.25) is 0 Å². The lowest BCUT2D eigenvalue weighted by Crippen LogP contribution is -2.29. The minimum Gasteiger partial charge on any atom is -0.497 e. The van der Waals surface area contributed by atoms with Gasteiger partial charge in [0.05, 0.1) is 12.0 Å². The lowest BCUT2D eigenvalue weighted by atomic mass is 10.0. The largest absolute Gasteiger partial charge is 0.497 e. The Bertz CT molecular complexity index is 982. The number of ether oxygens (including phenoxy) is 1. The highest BCUT2D eigenvalue weighted by atomic mass is 32.2. The summed E-state index contributed by atoms with van der Waals surface area (Å²) in [5.41, 5.74) is 2.30. The van der Waals surface area contributed by atoms with Crippen LogP contribution in [0.4, 0.5) is 0 Å². The van der Waals surface area contributed by atoms with Crippen LogP contribution in [-0.4, -0.2) is 27.5 Å². The molecule has 7 heteroatoms. The average Bonchev–Trinajstić information content (AvgIpc) is 3.14. The minimum atomic E-state index is -3.72. The van der Waals surface area contributed by atoms with Crippen LogP contribution in [0.1, 0.15) is 41.3 Å². The molecule has 0 heterocycles. The molecule has 0 aliphatic heterocycles. The molecule has 6 nitrogen and oxygen atoms in total. The van der Waals surface area contributed by atoms with Crippen molar-refractivity contribution in [2.24, 2.45) is 10.6 Å². The van der Waals surface area contributed by atoms with Crippen molar-refractivity contribution in [3.8, 4) is 5.75 Å². The highest BCUT2D eigenvalue weighted by molar-refractivity contribution is 7.89. The van der Waals surface area contributed by atoms with Crippen LogP contribution in [-0.2, 0) is 10.0 Å². The smallest absolute Gasteiger partial charge is 0.251 e. The van der Waals surface area contributed by atoms with E-state index in [2.05, 4.69) is 19.2 Å². The molecule has 0 saturated heterocycles. The first-order valence-electron chi connectivity index (χ1n) is 8.64. The molecular formula is C20H24N2O4S. The summed E-state index contributed by atoms with van der Waals surface area (Å²) in [6, 6.07) is 11.9. The van der Waals surface area contributed by atoms with Gasteiger partial charge >= 0.3 is 0 Å². The molecule has 2 atom stereocenters. The van der Waals surface area contributed by atoms with Crippen molar-refractivity contribution in [1.82, 2.24) is 5.32 Å². The lowest BCUT2D eigenvalue weighted by Gasteiger charge is -2.10. The van der Waals surface area contributed by atoms with Gasteiger partial charge in [0.2, 0.25) is 10.0 Å². The van der Waals surface area contributed by atoms with Gasteiger partial charge in [-0.05, 0) is 47.7 Å². The third-order valence-electron chi connectivity index (χ3n) is 5.37. The van der Waals surface area contributed by atoms with E-state index in [4.69, 9.17) is 9.88 Å². The van der Waals surface area contributed by atoms with Crippen molar-refractivity contribution in [3.63, 3.8) is 0 Å². The molecule has 0 spiro atoms. The van der Waals surface area contributed by atoms with Gasteiger partial charge in [-0.25, -0.2) is 13.6 Å². The minimum absolute atomic E-state index is 0.0454. The summed E-state index contributed by atoms with van der Waals surface area (Å²) < 4.78 is 28.0. The molecule has 0 aromatic heterocycles. The van der Waals surface area contributed by atoms with Crippen molar-refractivity contribution in [1.29, 1.82) is 0 Å². The number of aryl methyl sites for hydroxylation is 1. The zero-order valence-corrected chi connectivity index (χ0v) is 16.6. The molecule has 0 unspecified atom stereocenters. The van der Waals surface area contributed by atoms with E-state index in [9.17, 15) is 13.2 Å². The van der Waals surface area contributed by atoms with Gasteiger partial charge in [-0.3, -0.25) is 4.79 Å². The van der Waals surface area contributed by atoms with Gasteiger partial charge in [0.1, 0.15) is 5.75 Å². The maximum Gasteiger partial charge on any atom is 0.251 e. The van der Waals surface area contributed by atoms with E-state index >= 15 is 0 Å². The zero-order chi connectivity index (χ0) is 20.0. The molecule has 0 bridgehead atoms. The number of nitrogens with one attached hydrogen (secondary N) is 1. The predicted molar refractivity (Wildman–Crippen MR) is 103 cm³/mol. The Kier molecular flexibility index (Phi) is 4.78. The summed E-state index contributed by atoms with van der Waals surface area (Å²) in [7, 11) is -2.15. The number of sulfonamides is 1. The zero-order valence-electron chi connectivity index (χ0n) is 15.8. The molecule has 2 aromatic carbocycles. The van der Waals surface area contributed by atoms with Gasteiger partial charge in [0.25, 0.3) is 5.91 Å². The molecule has 144 valence electrons. The second-order valence-corrected chi connectivity index (χ2v) is 9.11. The molecule has 27 heavy (non-hydrogen) atoms. The fraction of sp³-hybridized carbons (Fsp3) is 0.350. The lowest BCUT2D eigenvalue weighted by molar-refractivity contribution is 0.0945. The number of nitrogens with two attached hydrogens (primary N) is 1. The van der Waals surface area contributed by atoms with Crippen molar-refractivity contribution < 1.29 is 17.9 Å². The molecular weight excluding hydrogens is 364 g/mol. The quantitative estimate of drug-likeness (QED) is 0.822. The number of amides is 1. The van der Waals surface area contributed by atoms with Gasteiger partial charge in [-0.15, -0.1) is 0 Å². The Morgan fingerprint density at radius 1 is 1.15 bits per heavy atom. The van der Waals surface area contributed by atoms with Crippen LogP contribution in [0.5, 0.6) is 5.75 Å². The van der Waals surface area contributed by atoms with E-state index in [0.29, 0.717) is 11.3 Å². The number of benzene rings is 2. The first-order chi connectivity index (χ1) is 12.6. The molecule has 1 saturated carbocycles. The summed E-state index contributed by atoms with van der Waals surface area (Å²) in [5.74, 6) is 0.589. The SMILES string of the molecule is COc1ccc(C)c(C(=O)N[C@@H]2[C@@H](c3ccc(S(N)(=O)=O)cc3)C2(C)C)c1. The highest BCUT2D eigenvalue weighted by Gasteiger charge is 2.59. The Morgan fingerprint density at radius 2 is 1.78 bits per heavy atom. The monoisotopic (exact) mass is 388 g/mol. The van der Waals surface area contributed by atoms with Gasteiger partial charge in [-0.1, -0.05) is 32.0 Å². The third kappa shape index (κ3) is 3.70. The van der Waals surface area contributed by atoms with Crippen LogP contribution in [0, 0.1) is 12.3 Å². The Labute approximate surface area is 159 Å². The topological polar surface area (TPSA) is 98.5 Å². The van der Waals surface area contributed by atoms with Crippen LogP contribution in [0.25, 0.3) is 0 Å². The Balaban J connectivity index is 1.79. The second kappa shape index (κ2) is 6.65. The van der Waals surface area contributed by atoms with Crippen molar-refractivity contribution >= 4 is 15.9 Å². The van der Waals surface area contributed by atoms with E-state index in [1.807, 2.05) is 19.1 Å². The normalized spacial score (nSPS) is 20.8. The number of primary sulfonamides is 1. The molecule has 1 fully saturated rings. The standard InChI is InChI=1S/C20H24N2O4S/c1-12-5-8-14(26-4)11-16(12)19(23)22-18-17(20(18,2)3)13-6-9-15(10-7-13)27(21,24)25/h5-11,17-18H,1-4H3,(H,22,23)(H2,21,24,25)/t17-,18-/m1/s1. The fourth-order valence-electron chi connectivity index (χ4n) is 3.59. The first kappa shape index (κ1) is 19.4. The number of carbonyl (C=O) groups is 1. The molecule has 1 amide bonds. The number of methoxy groups -OCH3 is 1. The van der Waals surface area contributed by atoms with Gasteiger partial charge < -0.3 is 10.1 Å². The molecule has 1 aliphatic carbocycles. The third-order valence-corrected chi connectivity index (χ3v) is 6.30. The summed E-state index contributed by atoms with van der Waals surface area (Å²) in [6.07, 6.45) is 0. The van der Waals surface area contributed by atoms with E-state index in [1.54, 1.807) is 25.3 Å². The molecule has 0 radical (unpaired) electrons. The number of carbonyl (C=O) groups excluding carboxylic acids is 1. The van der Waals surface area contributed by atoms with E-state index in [-0.39, 0.29) is 28.2 Å². The summed E-state index contributed by atoms with van der Waals surface area (Å²) in [4.78, 5) is 12.9. The van der Waals surface area contributed by atoms with Crippen molar-refractivity contribution in [2.45, 2.75) is 37.6 Å². The van der Waals surface area contributed by atoms with E-state index < -0.39 is 10.0 Å². The van der Waals surface area contributed by atoms with Gasteiger partial charge in [-0.2, -0.15) is 0 Å². The maximum atomic E-state index is 12.8. The maximum absolute atomic E-state index is 12.8. The Morgan fingerprint density at radius 3 is 2.33 bits per heavy atom.